The van der Waals surface area contributed by atoms with Gasteiger partial charge in [-0.05, 0) is 61.6 Å². The number of aryl methyl sites for hydroxylation is 1. The number of aromatic amines is 1. The van der Waals surface area contributed by atoms with E-state index >= 15 is 0 Å². The van der Waals surface area contributed by atoms with Gasteiger partial charge in [0.05, 0.1) is 6.04 Å². The highest BCUT2D eigenvalue weighted by atomic mass is 16.1. The van der Waals surface area contributed by atoms with Crippen LogP contribution in [0.4, 0.5) is 5.69 Å². The Morgan fingerprint density at radius 3 is 2.72 bits per heavy atom. The van der Waals surface area contributed by atoms with Crippen molar-refractivity contribution in [2.75, 3.05) is 5.73 Å². The number of fused-ring (bicyclic) bond motifs is 1. The molecule has 0 aliphatic carbocycles. The zero-order valence-corrected chi connectivity index (χ0v) is 15.0. The van der Waals surface area contributed by atoms with Crippen LogP contribution in [0.15, 0.2) is 42.6 Å². The average molecular weight is 335 g/mol. The molecule has 0 spiro atoms. The smallest absolute Gasteiger partial charge is 0.220 e. The Balaban J connectivity index is 1.64. The van der Waals surface area contributed by atoms with Crippen LogP contribution in [0.5, 0.6) is 0 Å². The number of anilines is 1. The zero-order valence-electron chi connectivity index (χ0n) is 15.0. The van der Waals surface area contributed by atoms with Gasteiger partial charge in [0.2, 0.25) is 5.91 Å². The molecule has 0 radical (unpaired) electrons. The highest BCUT2D eigenvalue weighted by molar-refractivity contribution is 5.84. The van der Waals surface area contributed by atoms with Crippen LogP contribution in [-0.4, -0.2) is 10.9 Å². The van der Waals surface area contributed by atoms with Crippen molar-refractivity contribution in [3.63, 3.8) is 0 Å². The quantitative estimate of drug-likeness (QED) is 0.612. The number of nitrogen functional groups attached to an aromatic ring is 1. The SMILES string of the molecule is Cc1c(N)ccc(C(C)NC(=O)CCc2c[nH]c3ccccc23)c1C. The number of carbonyl (C=O) groups excluding carboxylic acids is 1. The molecular weight excluding hydrogens is 310 g/mol. The van der Waals surface area contributed by atoms with E-state index in [0.29, 0.717) is 6.42 Å². The number of para-hydroxylation sites is 1. The molecule has 2 aromatic carbocycles. The summed E-state index contributed by atoms with van der Waals surface area (Å²) in [6.07, 6.45) is 3.19. The van der Waals surface area contributed by atoms with Gasteiger partial charge in [-0.2, -0.15) is 0 Å². The average Bonchev–Trinajstić information content (AvgIpc) is 3.01. The lowest BCUT2D eigenvalue weighted by Crippen LogP contribution is -2.27. The largest absolute Gasteiger partial charge is 0.399 e. The molecule has 1 amide bonds. The molecule has 4 N–H and O–H groups in total. The fourth-order valence-electron chi connectivity index (χ4n) is 3.31. The molecule has 1 aromatic heterocycles. The fourth-order valence-corrected chi connectivity index (χ4v) is 3.31. The number of benzene rings is 2. The fraction of sp³-hybridized carbons (Fsp3) is 0.286. The Labute approximate surface area is 148 Å². The molecule has 0 aliphatic rings. The number of hydrogen-bond acceptors (Lipinski definition) is 2. The standard InChI is InChI=1S/C21H25N3O/c1-13-14(2)19(22)10-9-17(13)15(3)24-21(25)11-8-16-12-23-20-7-5-4-6-18(16)20/h4-7,9-10,12,15,23H,8,11,22H2,1-3H3,(H,24,25). The monoisotopic (exact) mass is 335 g/mol. The molecule has 3 aromatic rings. The number of nitrogens with two attached hydrogens (primary N) is 1. The first kappa shape index (κ1) is 17.1. The first-order chi connectivity index (χ1) is 12.0. The summed E-state index contributed by atoms with van der Waals surface area (Å²) in [4.78, 5) is 15.6. The molecular formula is C21H25N3O. The van der Waals surface area contributed by atoms with Crippen LogP contribution in [0.1, 0.15) is 41.6 Å². The molecule has 0 aliphatic heterocycles. The highest BCUT2D eigenvalue weighted by Crippen LogP contribution is 2.25. The third-order valence-corrected chi connectivity index (χ3v) is 5.01. The Bertz CT molecular complexity index is 911. The molecule has 1 unspecified atom stereocenters. The van der Waals surface area contributed by atoms with E-state index in [1.807, 2.05) is 50.4 Å². The van der Waals surface area contributed by atoms with Crippen molar-refractivity contribution in [2.45, 2.75) is 39.7 Å². The van der Waals surface area contributed by atoms with Crippen LogP contribution in [0.25, 0.3) is 10.9 Å². The van der Waals surface area contributed by atoms with E-state index in [1.54, 1.807) is 0 Å². The van der Waals surface area contributed by atoms with Crippen molar-refractivity contribution in [1.82, 2.24) is 10.3 Å². The van der Waals surface area contributed by atoms with Crippen LogP contribution >= 0.6 is 0 Å². The second-order valence-electron chi connectivity index (χ2n) is 6.64. The van der Waals surface area contributed by atoms with Gasteiger partial charge in [0, 0.05) is 29.2 Å². The highest BCUT2D eigenvalue weighted by Gasteiger charge is 2.14. The number of carbonyl (C=O) groups is 1. The van der Waals surface area contributed by atoms with E-state index in [0.717, 1.165) is 34.3 Å². The maximum atomic E-state index is 12.4. The van der Waals surface area contributed by atoms with Gasteiger partial charge in [-0.15, -0.1) is 0 Å². The minimum absolute atomic E-state index is 0.0326. The van der Waals surface area contributed by atoms with Crippen molar-refractivity contribution < 1.29 is 4.79 Å². The predicted molar refractivity (Wildman–Crippen MR) is 104 cm³/mol. The van der Waals surface area contributed by atoms with E-state index in [4.69, 9.17) is 5.73 Å². The normalized spacial score (nSPS) is 12.3. The topological polar surface area (TPSA) is 70.9 Å². The van der Waals surface area contributed by atoms with Crippen LogP contribution in [0.3, 0.4) is 0 Å². The number of amides is 1. The zero-order chi connectivity index (χ0) is 18.0. The summed E-state index contributed by atoms with van der Waals surface area (Å²) in [5, 5.41) is 4.29. The van der Waals surface area contributed by atoms with Crippen LogP contribution < -0.4 is 11.1 Å². The van der Waals surface area contributed by atoms with Gasteiger partial charge in [0.15, 0.2) is 0 Å². The van der Waals surface area contributed by atoms with Gasteiger partial charge in [-0.25, -0.2) is 0 Å². The predicted octanol–water partition coefficient (Wildman–Crippen LogP) is 4.18. The van der Waals surface area contributed by atoms with Gasteiger partial charge >= 0.3 is 0 Å². The van der Waals surface area contributed by atoms with Crippen molar-refractivity contribution in [3.05, 3.63) is 64.8 Å². The van der Waals surface area contributed by atoms with Gasteiger partial charge in [-0.1, -0.05) is 24.3 Å². The van der Waals surface area contributed by atoms with Crippen LogP contribution in [-0.2, 0) is 11.2 Å². The lowest BCUT2D eigenvalue weighted by molar-refractivity contribution is -0.121. The second kappa shape index (κ2) is 7.01. The first-order valence-electron chi connectivity index (χ1n) is 8.67. The Hall–Kier alpha value is -2.75. The Morgan fingerprint density at radius 1 is 1.16 bits per heavy atom. The minimum Gasteiger partial charge on any atom is -0.399 e. The van der Waals surface area contributed by atoms with E-state index < -0.39 is 0 Å². The van der Waals surface area contributed by atoms with Gasteiger partial charge in [0.1, 0.15) is 0 Å². The van der Waals surface area contributed by atoms with Crippen molar-refractivity contribution in [2.24, 2.45) is 0 Å². The maximum Gasteiger partial charge on any atom is 0.220 e. The summed E-state index contributed by atoms with van der Waals surface area (Å²) in [5.41, 5.74) is 12.4. The summed E-state index contributed by atoms with van der Waals surface area (Å²) in [7, 11) is 0. The summed E-state index contributed by atoms with van der Waals surface area (Å²) in [6.45, 7) is 6.08. The van der Waals surface area contributed by atoms with E-state index in [9.17, 15) is 4.79 Å². The number of aromatic nitrogens is 1. The summed E-state index contributed by atoms with van der Waals surface area (Å²) >= 11 is 0. The Kier molecular flexibility index (Phi) is 4.79. The van der Waals surface area contributed by atoms with Gasteiger partial charge in [-0.3, -0.25) is 4.79 Å². The molecule has 3 rings (SSSR count). The number of nitrogens with one attached hydrogen (secondary N) is 2. The third-order valence-electron chi connectivity index (χ3n) is 5.01. The lowest BCUT2D eigenvalue weighted by Gasteiger charge is -2.19. The first-order valence-corrected chi connectivity index (χ1v) is 8.67. The summed E-state index contributed by atoms with van der Waals surface area (Å²) in [5.74, 6) is 0.0617. The van der Waals surface area contributed by atoms with E-state index in [-0.39, 0.29) is 11.9 Å². The molecule has 4 heteroatoms. The van der Waals surface area contributed by atoms with Crippen molar-refractivity contribution in [1.29, 1.82) is 0 Å². The molecule has 0 saturated carbocycles. The number of hydrogen-bond donors (Lipinski definition) is 3. The molecule has 0 fully saturated rings. The van der Waals surface area contributed by atoms with Crippen molar-refractivity contribution >= 4 is 22.5 Å². The van der Waals surface area contributed by atoms with Crippen LogP contribution in [0, 0.1) is 13.8 Å². The molecule has 0 saturated heterocycles. The maximum absolute atomic E-state index is 12.4. The minimum atomic E-state index is -0.0326. The van der Waals surface area contributed by atoms with E-state index in [2.05, 4.69) is 23.3 Å². The van der Waals surface area contributed by atoms with Gasteiger partial charge in [0.25, 0.3) is 0 Å². The van der Waals surface area contributed by atoms with E-state index in [1.165, 1.54) is 10.9 Å². The molecule has 1 heterocycles. The number of H-pyrrole nitrogens is 1. The van der Waals surface area contributed by atoms with Crippen LogP contribution in [0.2, 0.25) is 0 Å². The summed E-state index contributed by atoms with van der Waals surface area (Å²) < 4.78 is 0. The molecule has 0 bridgehead atoms. The molecule has 25 heavy (non-hydrogen) atoms. The summed E-state index contributed by atoms with van der Waals surface area (Å²) in [6, 6.07) is 12.0. The number of rotatable bonds is 5. The lowest BCUT2D eigenvalue weighted by atomic mass is 9.97. The molecule has 130 valence electrons. The second-order valence-corrected chi connectivity index (χ2v) is 6.64. The van der Waals surface area contributed by atoms with Gasteiger partial charge < -0.3 is 16.0 Å². The van der Waals surface area contributed by atoms with Crippen molar-refractivity contribution in [3.8, 4) is 0 Å². The Morgan fingerprint density at radius 2 is 1.92 bits per heavy atom. The molecule has 4 nitrogen and oxygen atoms in total. The third kappa shape index (κ3) is 3.53. The molecule has 1 atom stereocenters.